The molecule has 4 rings (SSSR count). The molecule has 4 aliphatic rings. The Bertz CT molecular complexity index is 655. The van der Waals surface area contributed by atoms with Crippen LogP contribution in [0.3, 0.4) is 0 Å². The van der Waals surface area contributed by atoms with E-state index in [2.05, 4.69) is 6.92 Å². The number of carbonyl (C=O) groups is 3. The van der Waals surface area contributed by atoms with Gasteiger partial charge in [0.25, 0.3) is 0 Å². The van der Waals surface area contributed by atoms with Gasteiger partial charge in [-0.05, 0) is 87.9 Å². The quantitative estimate of drug-likeness (QED) is 0.683. The predicted octanol–water partition coefficient (Wildman–Crippen LogP) is 4.49. The van der Waals surface area contributed by atoms with Gasteiger partial charge in [0, 0.05) is 25.2 Å². The third-order valence-electron chi connectivity index (χ3n) is 9.10. The monoisotopic (exact) mass is 374 g/mol. The summed E-state index contributed by atoms with van der Waals surface area (Å²) in [5.74, 6) is 3.26. The third-order valence-corrected chi connectivity index (χ3v) is 9.10. The molecule has 0 bridgehead atoms. The van der Waals surface area contributed by atoms with E-state index in [0.717, 1.165) is 51.4 Å². The van der Waals surface area contributed by atoms with Gasteiger partial charge in [0.15, 0.2) is 11.4 Å². The van der Waals surface area contributed by atoms with E-state index in [9.17, 15) is 14.4 Å². The highest BCUT2D eigenvalue weighted by Crippen LogP contribution is 2.67. The van der Waals surface area contributed by atoms with Crippen LogP contribution in [0.4, 0.5) is 0 Å². The van der Waals surface area contributed by atoms with Crippen LogP contribution in [0, 0.1) is 35.0 Å². The van der Waals surface area contributed by atoms with Crippen molar-refractivity contribution in [1.82, 2.24) is 0 Å². The van der Waals surface area contributed by atoms with Gasteiger partial charge in [0.1, 0.15) is 5.78 Å². The molecule has 4 fully saturated rings. The van der Waals surface area contributed by atoms with Crippen LogP contribution < -0.4 is 0 Å². The lowest BCUT2D eigenvalue weighted by Crippen LogP contribution is -2.59. The average molecular weight is 375 g/mol. The number of carbonyl (C=O) groups excluding carboxylic acids is 3. The Balaban J connectivity index is 1.66. The van der Waals surface area contributed by atoms with Crippen LogP contribution in [-0.2, 0) is 19.1 Å². The fourth-order valence-corrected chi connectivity index (χ4v) is 8.19. The van der Waals surface area contributed by atoms with Crippen LogP contribution >= 0.6 is 0 Å². The number of esters is 1. The minimum atomic E-state index is -0.914. The Morgan fingerprint density at radius 2 is 1.78 bits per heavy atom. The highest BCUT2D eigenvalue weighted by molar-refractivity contribution is 5.89. The standard InChI is InChI=1S/C23H34O4/c1-4-22-11-9-19-18-8-6-17(26)13-16(18)5-7-20(19)21(22)10-12-23(22,14(2)24)27-15(3)25/h16,18-21H,4-13H2,1-3H3/t16-,18+,19-,20-,21+,22+,23-/m1/s1. The number of fused-ring (bicyclic) bond motifs is 5. The summed E-state index contributed by atoms with van der Waals surface area (Å²) in [6, 6.07) is 0. The van der Waals surface area contributed by atoms with Crippen LogP contribution in [0.2, 0.25) is 0 Å². The largest absolute Gasteiger partial charge is 0.451 e. The molecule has 0 unspecified atom stereocenters. The Hall–Kier alpha value is -1.19. The lowest BCUT2D eigenvalue weighted by molar-refractivity contribution is -0.191. The molecule has 150 valence electrons. The van der Waals surface area contributed by atoms with Crippen molar-refractivity contribution in [3.8, 4) is 0 Å². The van der Waals surface area contributed by atoms with Crippen molar-refractivity contribution in [3.05, 3.63) is 0 Å². The molecular weight excluding hydrogens is 340 g/mol. The van der Waals surface area contributed by atoms with E-state index in [1.807, 2.05) is 0 Å². The predicted molar refractivity (Wildman–Crippen MR) is 102 cm³/mol. The number of hydrogen-bond acceptors (Lipinski definition) is 4. The molecule has 0 saturated heterocycles. The van der Waals surface area contributed by atoms with Crippen molar-refractivity contribution in [2.75, 3.05) is 0 Å². The van der Waals surface area contributed by atoms with Gasteiger partial charge in [0.2, 0.25) is 0 Å². The van der Waals surface area contributed by atoms with Gasteiger partial charge in [0.05, 0.1) is 0 Å². The number of hydrogen-bond donors (Lipinski definition) is 0. The van der Waals surface area contributed by atoms with Gasteiger partial charge < -0.3 is 4.74 Å². The molecular formula is C23H34O4. The average Bonchev–Trinajstić information content (AvgIpc) is 2.96. The second-order valence-corrected chi connectivity index (χ2v) is 9.78. The minimum absolute atomic E-state index is 0.0393. The fourth-order valence-electron chi connectivity index (χ4n) is 8.19. The molecule has 0 spiro atoms. The van der Waals surface area contributed by atoms with Gasteiger partial charge in [-0.25, -0.2) is 0 Å². The SMILES string of the molecule is CC[C@]12CC[C@H]3[C@@H](CC[C@@H]4CC(=O)CC[C@@H]43)[C@@H]1CC[C@@]2(OC(C)=O)C(C)=O. The number of Topliss-reactive ketones (excluding diaryl/α,β-unsaturated/α-hetero) is 2. The van der Waals surface area contributed by atoms with Crippen LogP contribution in [0.1, 0.15) is 85.0 Å². The second-order valence-electron chi connectivity index (χ2n) is 9.78. The topological polar surface area (TPSA) is 60.4 Å². The zero-order valence-electron chi connectivity index (χ0n) is 17.1. The van der Waals surface area contributed by atoms with E-state index >= 15 is 0 Å². The molecule has 4 aliphatic carbocycles. The number of rotatable bonds is 3. The van der Waals surface area contributed by atoms with Gasteiger partial charge in [-0.15, -0.1) is 0 Å². The van der Waals surface area contributed by atoms with Crippen molar-refractivity contribution >= 4 is 17.5 Å². The smallest absolute Gasteiger partial charge is 0.303 e. The van der Waals surface area contributed by atoms with E-state index in [-0.39, 0.29) is 17.2 Å². The zero-order chi connectivity index (χ0) is 19.4. The molecule has 4 saturated carbocycles. The third kappa shape index (κ3) is 2.65. The van der Waals surface area contributed by atoms with Gasteiger partial charge in [-0.2, -0.15) is 0 Å². The molecule has 7 atom stereocenters. The highest BCUT2D eigenvalue weighted by atomic mass is 16.6. The highest BCUT2D eigenvalue weighted by Gasteiger charge is 2.68. The summed E-state index contributed by atoms with van der Waals surface area (Å²) in [4.78, 5) is 36.7. The summed E-state index contributed by atoms with van der Waals surface area (Å²) < 4.78 is 5.89. The Morgan fingerprint density at radius 3 is 2.44 bits per heavy atom. The summed E-state index contributed by atoms with van der Waals surface area (Å²) in [6.07, 6.45) is 9.67. The molecule has 4 nitrogen and oxygen atoms in total. The van der Waals surface area contributed by atoms with Crippen LogP contribution in [0.15, 0.2) is 0 Å². The molecule has 0 amide bonds. The van der Waals surface area contributed by atoms with Crippen LogP contribution in [0.5, 0.6) is 0 Å². The molecule has 0 heterocycles. The maximum Gasteiger partial charge on any atom is 0.303 e. The Kier molecular flexibility index (Phi) is 4.75. The van der Waals surface area contributed by atoms with Crippen molar-refractivity contribution in [2.45, 2.75) is 90.6 Å². The number of ketones is 2. The molecule has 0 aromatic carbocycles. The lowest BCUT2D eigenvalue weighted by atomic mass is 9.48. The summed E-state index contributed by atoms with van der Waals surface area (Å²) in [7, 11) is 0. The summed E-state index contributed by atoms with van der Waals surface area (Å²) in [6.45, 7) is 5.25. The maximum absolute atomic E-state index is 12.8. The Labute approximate surface area is 162 Å². The van der Waals surface area contributed by atoms with E-state index < -0.39 is 5.60 Å². The van der Waals surface area contributed by atoms with Crippen molar-refractivity contribution < 1.29 is 19.1 Å². The maximum atomic E-state index is 12.8. The zero-order valence-corrected chi connectivity index (χ0v) is 17.1. The molecule has 0 aliphatic heterocycles. The summed E-state index contributed by atoms with van der Waals surface area (Å²) in [5.41, 5.74) is -1.11. The van der Waals surface area contributed by atoms with E-state index in [1.54, 1.807) is 6.92 Å². The van der Waals surface area contributed by atoms with Gasteiger partial charge in [-0.1, -0.05) is 6.92 Å². The van der Waals surface area contributed by atoms with Gasteiger partial charge in [-0.3, -0.25) is 14.4 Å². The Morgan fingerprint density at radius 1 is 1.00 bits per heavy atom. The minimum Gasteiger partial charge on any atom is -0.451 e. The van der Waals surface area contributed by atoms with Crippen molar-refractivity contribution in [2.24, 2.45) is 35.0 Å². The second kappa shape index (κ2) is 6.70. The van der Waals surface area contributed by atoms with Gasteiger partial charge >= 0.3 is 5.97 Å². The lowest BCUT2D eigenvalue weighted by Gasteiger charge is -2.58. The van der Waals surface area contributed by atoms with Crippen LogP contribution in [0.25, 0.3) is 0 Å². The number of ether oxygens (including phenoxy) is 1. The van der Waals surface area contributed by atoms with Crippen LogP contribution in [-0.4, -0.2) is 23.1 Å². The molecule has 0 aromatic heterocycles. The normalized spacial score (nSPS) is 46.2. The van der Waals surface area contributed by atoms with E-state index in [1.165, 1.54) is 13.3 Å². The summed E-state index contributed by atoms with van der Waals surface area (Å²) in [5, 5.41) is 0. The first kappa shape index (κ1) is 19.1. The fraction of sp³-hybridized carbons (Fsp3) is 0.870. The van der Waals surface area contributed by atoms with E-state index in [4.69, 9.17) is 4.74 Å². The van der Waals surface area contributed by atoms with Crippen molar-refractivity contribution in [3.63, 3.8) is 0 Å². The molecule has 27 heavy (non-hydrogen) atoms. The molecule has 4 heteroatoms. The summed E-state index contributed by atoms with van der Waals surface area (Å²) >= 11 is 0. The molecule has 0 aromatic rings. The molecule has 0 N–H and O–H groups in total. The first-order chi connectivity index (χ1) is 12.8. The van der Waals surface area contributed by atoms with Crippen molar-refractivity contribution in [1.29, 1.82) is 0 Å². The first-order valence-electron chi connectivity index (χ1n) is 11.1. The first-order valence-corrected chi connectivity index (χ1v) is 11.1. The molecule has 0 radical (unpaired) electrons. The van der Waals surface area contributed by atoms with E-state index in [0.29, 0.717) is 41.8 Å².